The molecule has 0 saturated carbocycles. The Morgan fingerprint density at radius 1 is 1.12 bits per heavy atom. The molecule has 0 unspecified atom stereocenters. The maximum atomic E-state index is 11.2. The van der Waals surface area contributed by atoms with Crippen molar-refractivity contribution in [2.24, 2.45) is 0 Å². The number of rotatable bonds is 5. The van der Waals surface area contributed by atoms with Gasteiger partial charge in [-0.15, -0.1) is 0 Å². The van der Waals surface area contributed by atoms with Gasteiger partial charge in [0.15, 0.2) is 0 Å². The lowest BCUT2D eigenvalue weighted by atomic mass is 10.1. The Bertz CT molecular complexity index is 380. The van der Waals surface area contributed by atoms with E-state index in [1.807, 2.05) is 13.8 Å². The summed E-state index contributed by atoms with van der Waals surface area (Å²) in [5.74, 6) is -2.29. The first-order valence-electron chi connectivity index (χ1n) is 5.22. The number of hydrogen-bond acceptors (Lipinski definition) is 3. The third-order valence-electron chi connectivity index (χ3n) is 2.45. The Kier molecular flexibility index (Phi) is 4.05. The van der Waals surface area contributed by atoms with Crippen LogP contribution in [0.5, 0.6) is 0 Å². The second kappa shape index (κ2) is 5.30. The minimum Gasteiger partial charge on any atom is -0.475 e. The quantitative estimate of drug-likeness (QED) is 0.608. The molecule has 16 heavy (non-hydrogen) atoms. The van der Waals surface area contributed by atoms with Gasteiger partial charge >= 0.3 is 5.97 Å². The molecule has 4 heteroatoms. The van der Waals surface area contributed by atoms with Crippen molar-refractivity contribution in [2.45, 2.75) is 13.8 Å². The molecule has 86 valence electrons. The second-order valence-corrected chi connectivity index (χ2v) is 3.35. The fraction of sp³-hybridized carbons (Fsp3) is 0.333. The lowest BCUT2D eigenvalue weighted by Gasteiger charge is -2.20. The van der Waals surface area contributed by atoms with E-state index < -0.39 is 11.8 Å². The Labute approximate surface area is 94.5 Å². The Morgan fingerprint density at radius 3 is 2.00 bits per heavy atom. The number of carbonyl (C=O) groups is 2. The standard InChI is InChI=1S/C12H15NO3/c1-3-13(4-2)10-7-5-9(6-8-10)11(14)12(15)16/h5-8H,3-4H2,1-2H3,(H,15,16). The van der Waals surface area contributed by atoms with E-state index in [-0.39, 0.29) is 5.56 Å². The Morgan fingerprint density at radius 2 is 1.62 bits per heavy atom. The number of benzene rings is 1. The number of aliphatic carboxylic acids is 1. The largest absolute Gasteiger partial charge is 0.475 e. The summed E-state index contributed by atoms with van der Waals surface area (Å²) in [5.41, 5.74) is 1.20. The van der Waals surface area contributed by atoms with Crippen LogP contribution >= 0.6 is 0 Å². The van der Waals surface area contributed by atoms with E-state index in [0.717, 1.165) is 18.8 Å². The molecule has 1 N–H and O–H groups in total. The van der Waals surface area contributed by atoms with E-state index in [1.165, 1.54) is 0 Å². The monoisotopic (exact) mass is 221 g/mol. The smallest absolute Gasteiger partial charge is 0.377 e. The van der Waals surface area contributed by atoms with Crippen molar-refractivity contribution in [1.82, 2.24) is 0 Å². The van der Waals surface area contributed by atoms with Crippen molar-refractivity contribution in [2.75, 3.05) is 18.0 Å². The van der Waals surface area contributed by atoms with Crippen LogP contribution in [-0.2, 0) is 4.79 Å². The average molecular weight is 221 g/mol. The molecule has 0 atom stereocenters. The van der Waals surface area contributed by atoms with Gasteiger partial charge in [-0.2, -0.15) is 0 Å². The molecule has 0 aliphatic carbocycles. The molecule has 0 bridgehead atoms. The highest BCUT2D eigenvalue weighted by molar-refractivity contribution is 6.39. The van der Waals surface area contributed by atoms with Gasteiger partial charge < -0.3 is 10.0 Å². The van der Waals surface area contributed by atoms with E-state index in [0.29, 0.717) is 0 Å². The van der Waals surface area contributed by atoms with E-state index in [1.54, 1.807) is 24.3 Å². The molecule has 0 amide bonds. The van der Waals surface area contributed by atoms with Gasteiger partial charge in [0.05, 0.1) is 0 Å². The number of carboxylic acids is 1. The third-order valence-corrected chi connectivity index (χ3v) is 2.45. The zero-order valence-electron chi connectivity index (χ0n) is 9.43. The molecule has 1 aromatic rings. The summed E-state index contributed by atoms with van der Waals surface area (Å²) in [6.07, 6.45) is 0. The Balaban J connectivity index is 2.90. The van der Waals surface area contributed by atoms with Crippen LogP contribution in [0.2, 0.25) is 0 Å². The predicted octanol–water partition coefficient (Wildman–Crippen LogP) is 1.80. The number of nitrogens with zero attached hydrogens (tertiary/aromatic N) is 1. The maximum absolute atomic E-state index is 11.2. The van der Waals surface area contributed by atoms with Crippen LogP contribution in [0.25, 0.3) is 0 Å². The minimum atomic E-state index is -1.42. The molecule has 0 aliphatic heterocycles. The molecule has 0 heterocycles. The van der Waals surface area contributed by atoms with Crippen LogP contribution in [0.4, 0.5) is 5.69 Å². The van der Waals surface area contributed by atoms with Gasteiger partial charge in [0, 0.05) is 24.3 Å². The van der Waals surface area contributed by atoms with E-state index in [2.05, 4.69) is 4.90 Å². The highest BCUT2D eigenvalue weighted by atomic mass is 16.4. The molecule has 1 rings (SSSR count). The predicted molar refractivity (Wildman–Crippen MR) is 62.0 cm³/mol. The first-order valence-corrected chi connectivity index (χ1v) is 5.22. The lowest BCUT2D eigenvalue weighted by Crippen LogP contribution is -2.21. The summed E-state index contributed by atoms with van der Waals surface area (Å²) in [7, 11) is 0. The topological polar surface area (TPSA) is 57.6 Å². The maximum Gasteiger partial charge on any atom is 0.377 e. The number of ketones is 1. The summed E-state index contributed by atoms with van der Waals surface area (Å²) < 4.78 is 0. The zero-order valence-corrected chi connectivity index (χ0v) is 9.43. The normalized spacial score (nSPS) is 9.88. The molecule has 4 nitrogen and oxygen atoms in total. The van der Waals surface area contributed by atoms with E-state index >= 15 is 0 Å². The highest BCUT2D eigenvalue weighted by Gasteiger charge is 2.14. The van der Waals surface area contributed by atoms with Crippen molar-refractivity contribution < 1.29 is 14.7 Å². The molecule has 0 spiro atoms. The molecule has 0 saturated heterocycles. The molecule has 0 aliphatic rings. The van der Waals surface area contributed by atoms with Gasteiger partial charge in [-0.3, -0.25) is 4.79 Å². The molecule has 0 aromatic heterocycles. The highest BCUT2D eigenvalue weighted by Crippen LogP contribution is 2.15. The second-order valence-electron chi connectivity index (χ2n) is 3.35. The summed E-state index contributed by atoms with van der Waals surface area (Å²) in [6, 6.07) is 6.63. The molecular weight excluding hydrogens is 206 g/mol. The number of Topliss-reactive ketones (excluding diaryl/α,β-unsaturated/α-hetero) is 1. The minimum absolute atomic E-state index is 0.211. The van der Waals surface area contributed by atoms with E-state index in [9.17, 15) is 9.59 Å². The first kappa shape index (κ1) is 12.2. The lowest BCUT2D eigenvalue weighted by molar-refractivity contribution is -0.131. The van der Waals surface area contributed by atoms with Crippen molar-refractivity contribution in [3.63, 3.8) is 0 Å². The van der Waals surface area contributed by atoms with Crippen LogP contribution in [0.1, 0.15) is 24.2 Å². The van der Waals surface area contributed by atoms with Crippen LogP contribution in [0, 0.1) is 0 Å². The number of carboxylic acid groups (broad SMARTS) is 1. The fourth-order valence-corrected chi connectivity index (χ4v) is 1.54. The molecular formula is C12H15NO3. The van der Waals surface area contributed by atoms with Crippen LogP contribution in [-0.4, -0.2) is 29.9 Å². The van der Waals surface area contributed by atoms with Crippen molar-refractivity contribution in [3.8, 4) is 0 Å². The van der Waals surface area contributed by atoms with Crippen LogP contribution in [0.3, 0.4) is 0 Å². The van der Waals surface area contributed by atoms with Gasteiger partial charge in [0.25, 0.3) is 5.78 Å². The van der Waals surface area contributed by atoms with Gasteiger partial charge in [-0.1, -0.05) is 0 Å². The van der Waals surface area contributed by atoms with Crippen molar-refractivity contribution in [3.05, 3.63) is 29.8 Å². The average Bonchev–Trinajstić information content (AvgIpc) is 2.30. The first-order chi connectivity index (χ1) is 7.60. The summed E-state index contributed by atoms with van der Waals surface area (Å²) >= 11 is 0. The fourth-order valence-electron chi connectivity index (χ4n) is 1.54. The number of carbonyl (C=O) groups excluding carboxylic acids is 1. The zero-order chi connectivity index (χ0) is 12.1. The van der Waals surface area contributed by atoms with Gasteiger partial charge in [-0.25, -0.2) is 4.79 Å². The SMILES string of the molecule is CCN(CC)c1ccc(C(=O)C(=O)O)cc1. The molecule has 1 aromatic carbocycles. The number of hydrogen-bond donors (Lipinski definition) is 1. The van der Waals surface area contributed by atoms with Gasteiger partial charge in [0.1, 0.15) is 0 Å². The Hall–Kier alpha value is -1.84. The summed E-state index contributed by atoms with van der Waals surface area (Å²) in [6.45, 7) is 5.84. The number of anilines is 1. The van der Waals surface area contributed by atoms with Gasteiger partial charge in [0.2, 0.25) is 0 Å². The van der Waals surface area contributed by atoms with Crippen LogP contribution in [0.15, 0.2) is 24.3 Å². The summed E-state index contributed by atoms with van der Waals surface area (Å²) in [4.78, 5) is 23.7. The molecule has 0 fully saturated rings. The van der Waals surface area contributed by atoms with Crippen molar-refractivity contribution >= 4 is 17.4 Å². The van der Waals surface area contributed by atoms with E-state index in [4.69, 9.17) is 5.11 Å². The van der Waals surface area contributed by atoms with Gasteiger partial charge in [-0.05, 0) is 38.1 Å². The summed E-state index contributed by atoms with van der Waals surface area (Å²) in [5, 5.41) is 8.55. The molecule has 0 radical (unpaired) electrons. The van der Waals surface area contributed by atoms with Crippen LogP contribution < -0.4 is 4.90 Å². The van der Waals surface area contributed by atoms with Crippen molar-refractivity contribution in [1.29, 1.82) is 0 Å². The third kappa shape index (κ3) is 2.59.